The van der Waals surface area contributed by atoms with Gasteiger partial charge in [-0.2, -0.15) is 0 Å². The van der Waals surface area contributed by atoms with Gasteiger partial charge < -0.3 is 19.3 Å². The van der Waals surface area contributed by atoms with Crippen LogP contribution in [0.2, 0.25) is 0 Å². The first kappa shape index (κ1) is 18.9. The van der Waals surface area contributed by atoms with Crippen LogP contribution in [0.4, 0.5) is 5.69 Å². The highest BCUT2D eigenvalue weighted by Crippen LogP contribution is 2.42. The number of ether oxygens (including phenoxy) is 2. The van der Waals surface area contributed by atoms with E-state index in [0.717, 1.165) is 16.8 Å². The number of benzene rings is 3. The van der Waals surface area contributed by atoms with Gasteiger partial charge in [0.25, 0.3) is 0 Å². The van der Waals surface area contributed by atoms with Crippen molar-refractivity contribution in [2.45, 2.75) is 24.4 Å². The van der Waals surface area contributed by atoms with E-state index in [9.17, 15) is 9.59 Å². The molecule has 6 rings (SSSR count). The first-order valence-electron chi connectivity index (χ1n) is 10.8. The summed E-state index contributed by atoms with van der Waals surface area (Å²) in [6.07, 6.45) is 0.648. The molecule has 2 saturated heterocycles. The SMILES string of the molecule is O=C(C(c1ccccc1)c1ccccc1)N1C[C@@H]2C[C@H]1C(=O)N2c1ccc2c(c1)OCO2. The highest BCUT2D eigenvalue weighted by atomic mass is 16.7. The minimum atomic E-state index is -0.437. The second-order valence-electron chi connectivity index (χ2n) is 8.40. The third-order valence-electron chi connectivity index (χ3n) is 6.60. The van der Waals surface area contributed by atoms with Crippen LogP contribution in [0.1, 0.15) is 23.5 Å². The summed E-state index contributed by atoms with van der Waals surface area (Å²) in [5.74, 6) is 0.862. The summed E-state index contributed by atoms with van der Waals surface area (Å²) < 4.78 is 10.9. The molecular formula is C26H22N2O4. The molecule has 0 aliphatic carbocycles. The van der Waals surface area contributed by atoms with Crippen LogP contribution in [0.25, 0.3) is 0 Å². The molecule has 6 heteroatoms. The molecular weight excluding hydrogens is 404 g/mol. The van der Waals surface area contributed by atoms with E-state index in [1.54, 1.807) is 4.90 Å². The quantitative estimate of drug-likeness (QED) is 0.640. The molecule has 32 heavy (non-hydrogen) atoms. The molecule has 0 aromatic heterocycles. The lowest BCUT2D eigenvalue weighted by Gasteiger charge is -2.35. The Morgan fingerprint density at radius 2 is 1.53 bits per heavy atom. The zero-order valence-corrected chi connectivity index (χ0v) is 17.4. The van der Waals surface area contributed by atoms with Gasteiger partial charge in [0, 0.05) is 18.3 Å². The molecule has 160 valence electrons. The molecule has 3 aliphatic rings. The molecule has 2 atom stereocenters. The van der Waals surface area contributed by atoms with E-state index in [2.05, 4.69) is 0 Å². The van der Waals surface area contributed by atoms with E-state index in [1.807, 2.05) is 83.8 Å². The second-order valence-corrected chi connectivity index (χ2v) is 8.40. The Hall–Kier alpha value is -3.80. The van der Waals surface area contributed by atoms with Gasteiger partial charge in [-0.1, -0.05) is 60.7 Å². The fourth-order valence-corrected chi connectivity index (χ4v) is 5.13. The number of rotatable bonds is 4. The Labute approximate surface area is 186 Å². The number of likely N-dealkylation sites (tertiary alicyclic amines) is 1. The molecule has 3 aliphatic heterocycles. The third kappa shape index (κ3) is 2.94. The van der Waals surface area contributed by atoms with Gasteiger partial charge in [-0.25, -0.2) is 0 Å². The predicted octanol–water partition coefficient (Wildman–Crippen LogP) is 3.56. The van der Waals surface area contributed by atoms with Crippen LogP contribution >= 0.6 is 0 Å². The first-order valence-corrected chi connectivity index (χ1v) is 10.8. The summed E-state index contributed by atoms with van der Waals surface area (Å²) in [6.45, 7) is 0.723. The van der Waals surface area contributed by atoms with E-state index in [-0.39, 0.29) is 24.6 Å². The van der Waals surface area contributed by atoms with Gasteiger partial charge in [0.05, 0.1) is 12.0 Å². The van der Waals surface area contributed by atoms with E-state index in [0.29, 0.717) is 24.5 Å². The summed E-state index contributed by atoms with van der Waals surface area (Å²) >= 11 is 0. The molecule has 3 heterocycles. The Morgan fingerprint density at radius 1 is 0.875 bits per heavy atom. The van der Waals surface area contributed by atoms with Crippen LogP contribution in [0, 0.1) is 0 Å². The maximum absolute atomic E-state index is 13.8. The Bertz CT molecular complexity index is 1140. The van der Waals surface area contributed by atoms with Gasteiger partial charge in [-0.3, -0.25) is 9.59 Å². The largest absolute Gasteiger partial charge is 0.454 e. The zero-order chi connectivity index (χ0) is 21.7. The number of hydrogen-bond donors (Lipinski definition) is 0. The zero-order valence-electron chi connectivity index (χ0n) is 17.4. The summed E-state index contributed by atoms with van der Waals surface area (Å²) in [5.41, 5.74) is 2.67. The fraction of sp³-hybridized carbons (Fsp3) is 0.231. The van der Waals surface area contributed by atoms with Gasteiger partial charge in [0.15, 0.2) is 11.5 Å². The van der Waals surface area contributed by atoms with Crippen molar-refractivity contribution < 1.29 is 19.1 Å². The molecule has 2 bridgehead atoms. The molecule has 0 saturated carbocycles. The maximum atomic E-state index is 13.8. The molecule has 3 aromatic rings. The second kappa shape index (κ2) is 7.41. The van der Waals surface area contributed by atoms with E-state index in [4.69, 9.17) is 9.47 Å². The van der Waals surface area contributed by atoms with Crippen molar-refractivity contribution >= 4 is 17.5 Å². The summed E-state index contributed by atoms with van der Waals surface area (Å²) in [5, 5.41) is 0. The van der Waals surface area contributed by atoms with Crippen LogP contribution < -0.4 is 14.4 Å². The van der Waals surface area contributed by atoms with E-state index in [1.165, 1.54) is 0 Å². The lowest BCUT2D eigenvalue weighted by atomic mass is 9.89. The van der Waals surface area contributed by atoms with Gasteiger partial charge in [0.2, 0.25) is 18.6 Å². The Balaban J connectivity index is 1.29. The van der Waals surface area contributed by atoms with Crippen molar-refractivity contribution in [2.75, 3.05) is 18.2 Å². The van der Waals surface area contributed by atoms with Gasteiger partial charge in [0.1, 0.15) is 6.04 Å². The monoisotopic (exact) mass is 426 g/mol. The number of carbonyl (C=O) groups is 2. The molecule has 0 N–H and O–H groups in total. The molecule has 0 unspecified atom stereocenters. The summed E-state index contributed by atoms with van der Waals surface area (Å²) in [6, 6.07) is 24.7. The fourth-order valence-electron chi connectivity index (χ4n) is 5.13. The van der Waals surface area contributed by atoms with Crippen molar-refractivity contribution in [1.82, 2.24) is 4.90 Å². The standard InChI is InChI=1S/C26H22N2O4/c29-25-21-13-20(28(25)19-11-12-22-23(14-19)32-16-31-22)15-27(21)26(30)24(17-7-3-1-4-8-17)18-9-5-2-6-10-18/h1-12,14,20-21,24H,13,15-16H2/t20-,21-/m0/s1. The minimum absolute atomic E-state index is 0.0198. The lowest BCUT2D eigenvalue weighted by molar-refractivity contribution is -0.138. The first-order chi connectivity index (χ1) is 15.7. The van der Waals surface area contributed by atoms with E-state index >= 15 is 0 Å². The number of carbonyl (C=O) groups excluding carboxylic acids is 2. The van der Waals surface area contributed by atoms with Crippen molar-refractivity contribution in [3.8, 4) is 11.5 Å². The molecule has 6 nitrogen and oxygen atoms in total. The topological polar surface area (TPSA) is 59.1 Å². The number of fused-ring (bicyclic) bond motifs is 3. The third-order valence-corrected chi connectivity index (χ3v) is 6.60. The van der Waals surface area contributed by atoms with Crippen LogP contribution in [0.3, 0.4) is 0 Å². The smallest absolute Gasteiger partial charge is 0.250 e. The molecule has 0 radical (unpaired) electrons. The van der Waals surface area contributed by atoms with Crippen molar-refractivity contribution in [3.05, 3.63) is 90.0 Å². The van der Waals surface area contributed by atoms with Crippen LogP contribution in [-0.4, -0.2) is 42.1 Å². The number of amides is 2. The van der Waals surface area contributed by atoms with Crippen LogP contribution in [0.5, 0.6) is 11.5 Å². The summed E-state index contributed by atoms with van der Waals surface area (Å²) in [7, 11) is 0. The van der Waals surface area contributed by atoms with Gasteiger partial charge >= 0.3 is 0 Å². The molecule has 3 aromatic carbocycles. The predicted molar refractivity (Wildman–Crippen MR) is 119 cm³/mol. The average molecular weight is 426 g/mol. The van der Waals surface area contributed by atoms with E-state index < -0.39 is 12.0 Å². The minimum Gasteiger partial charge on any atom is -0.454 e. The van der Waals surface area contributed by atoms with Crippen molar-refractivity contribution in [1.29, 1.82) is 0 Å². The highest BCUT2D eigenvalue weighted by Gasteiger charge is 2.53. The van der Waals surface area contributed by atoms with Crippen molar-refractivity contribution in [2.24, 2.45) is 0 Å². The Kier molecular flexibility index (Phi) is 4.38. The summed E-state index contributed by atoms with van der Waals surface area (Å²) in [4.78, 5) is 30.7. The molecule has 2 amide bonds. The normalized spacial score (nSPS) is 21.0. The Morgan fingerprint density at radius 3 is 2.19 bits per heavy atom. The highest BCUT2D eigenvalue weighted by molar-refractivity contribution is 6.04. The lowest BCUT2D eigenvalue weighted by Crippen LogP contribution is -2.53. The average Bonchev–Trinajstić information content (AvgIpc) is 3.55. The number of anilines is 1. The van der Waals surface area contributed by atoms with Crippen LogP contribution in [0.15, 0.2) is 78.9 Å². The molecule has 2 fully saturated rings. The number of hydrogen-bond acceptors (Lipinski definition) is 4. The molecule has 0 spiro atoms. The number of nitrogens with zero attached hydrogens (tertiary/aromatic N) is 2. The van der Waals surface area contributed by atoms with Crippen molar-refractivity contribution in [3.63, 3.8) is 0 Å². The van der Waals surface area contributed by atoms with Gasteiger partial charge in [-0.15, -0.1) is 0 Å². The van der Waals surface area contributed by atoms with Crippen LogP contribution in [-0.2, 0) is 9.59 Å². The maximum Gasteiger partial charge on any atom is 0.250 e. The van der Waals surface area contributed by atoms with Gasteiger partial charge in [-0.05, 0) is 29.7 Å². The number of piperazine rings is 1.